The van der Waals surface area contributed by atoms with Crippen molar-refractivity contribution in [2.45, 2.75) is 43.3 Å². The lowest BCUT2D eigenvalue weighted by molar-refractivity contribution is -0.127. The van der Waals surface area contributed by atoms with Crippen molar-refractivity contribution in [2.75, 3.05) is 37.8 Å². The first-order valence-corrected chi connectivity index (χ1v) is 10.6. The highest BCUT2D eigenvalue weighted by Crippen LogP contribution is 2.49. The minimum atomic E-state index is -1.12. The van der Waals surface area contributed by atoms with Crippen LogP contribution >= 0.6 is 0 Å². The molecule has 0 atom stereocenters. The van der Waals surface area contributed by atoms with Crippen LogP contribution in [0.4, 0.5) is 10.1 Å². The third-order valence-corrected chi connectivity index (χ3v) is 6.43. The molecule has 1 aromatic heterocycles. The number of rotatable bonds is 9. The fourth-order valence-corrected chi connectivity index (χ4v) is 4.21. The van der Waals surface area contributed by atoms with Crippen LogP contribution < -0.4 is 20.7 Å². The molecule has 2 amide bonds. The van der Waals surface area contributed by atoms with Gasteiger partial charge in [-0.1, -0.05) is 0 Å². The second-order valence-corrected chi connectivity index (χ2v) is 9.31. The van der Waals surface area contributed by atoms with E-state index in [0.717, 1.165) is 31.4 Å². The normalized spacial score (nSPS) is 23.8. The fraction of sp³-hybridized carbons (Fsp3) is 0.667. The van der Waals surface area contributed by atoms with Gasteiger partial charge in [0, 0.05) is 0 Å². The number of ether oxygens (including phenoxy) is 2. The summed E-state index contributed by atoms with van der Waals surface area (Å²) in [6.07, 6.45) is 4.19. The van der Waals surface area contributed by atoms with E-state index in [1.165, 1.54) is 0 Å². The number of hydrogen-bond acceptors (Lipinski definition) is 6. The van der Waals surface area contributed by atoms with Gasteiger partial charge < -0.3 is 25.4 Å². The summed E-state index contributed by atoms with van der Waals surface area (Å²) < 4.78 is 25.9. The second-order valence-electron chi connectivity index (χ2n) is 9.31. The SMILES string of the molecule is NC(=O)CC1(NC(=O)c2ccc(N3CC(F)(C4CC4)C3)c(OCC3CC3)n2)COC1. The number of pyridine rings is 1. The molecule has 9 heteroatoms. The molecule has 0 unspecified atom stereocenters. The van der Waals surface area contributed by atoms with Crippen LogP contribution in [-0.4, -0.2) is 60.9 Å². The van der Waals surface area contributed by atoms with E-state index in [1.54, 1.807) is 12.1 Å². The molecule has 162 valence electrons. The van der Waals surface area contributed by atoms with Crippen LogP contribution in [0.1, 0.15) is 42.6 Å². The van der Waals surface area contributed by atoms with Crippen LogP contribution in [-0.2, 0) is 9.53 Å². The Balaban J connectivity index is 1.32. The van der Waals surface area contributed by atoms with Crippen molar-refractivity contribution in [2.24, 2.45) is 17.6 Å². The lowest BCUT2D eigenvalue weighted by Gasteiger charge is -2.46. The number of anilines is 1. The maximum absolute atomic E-state index is 14.8. The summed E-state index contributed by atoms with van der Waals surface area (Å²) in [4.78, 5) is 30.5. The number of primary amides is 1. The molecule has 0 aromatic carbocycles. The Labute approximate surface area is 174 Å². The Morgan fingerprint density at radius 1 is 1.27 bits per heavy atom. The average molecular weight is 418 g/mol. The maximum atomic E-state index is 14.8. The molecule has 30 heavy (non-hydrogen) atoms. The van der Waals surface area contributed by atoms with Crippen LogP contribution in [0.5, 0.6) is 5.88 Å². The summed E-state index contributed by atoms with van der Waals surface area (Å²) >= 11 is 0. The van der Waals surface area contributed by atoms with E-state index in [1.807, 2.05) is 4.90 Å². The number of halogens is 1. The van der Waals surface area contributed by atoms with Crippen molar-refractivity contribution in [3.8, 4) is 5.88 Å². The predicted octanol–water partition coefficient (Wildman–Crippen LogP) is 1.18. The molecule has 5 rings (SSSR count). The topological polar surface area (TPSA) is 107 Å². The first-order valence-electron chi connectivity index (χ1n) is 10.6. The Morgan fingerprint density at radius 3 is 2.57 bits per heavy atom. The summed E-state index contributed by atoms with van der Waals surface area (Å²) in [5, 5.41) is 2.84. The van der Waals surface area contributed by atoms with Crippen molar-refractivity contribution in [1.29, 1.82) is 0 Å². The van der Waals surface area contributed by atoms with E-state index >= 15 is 0 Å². The van der Waals surface area contributed by atoms with Crippen molar-refractivity contribution >= 4 is 17.5 Å². The summed E-state index contributed by atoms with van der Waals surface area (Å²) in [5.41, 5.74) is 4.32. The van der Waals surface area contributed by atoms with Gasteiger partial charge in [0.25, 0.3) is 5.91 Å². The molecule has 3 heterocycles. The first kappa shape index (κ1) is 19.5. The molecule has 2 aliphatic carbocycles. The van der Waals surface area contributed by atoms with Gasteiger partial charge in [-0.15, -0.1) is 0 Å². The van der Waals surface area contributed by atoms with Crippen LogP contribution in [0, 0.1) is 11.8 Å². The summed E-state index contributed by atoms with van der Waals surface area (Å²) in [6, 6.07) is 3.39. The zero-order chi connectivity index (χ0) is 20.9. The second kappa shape index (κ2) is 7.08. The Morgan fingerprint density at radius 2 is 2.00 bits per heavy atom. The van der Waals surface area contributed by atoms with Crippen LogP contribution in [0.3, 0.4) is 0 Å². The highest BCUT2D eigenvalue weighted by atomic mass is 19.1. The number of alkyl halides is 1. The summed E-state index contributed by atoms with van der Waals surface area (Å²) in [6.45, 7) is 1.69. The Bertz CT molecular complexity index is 861. The van der Waals surface area contributed by atoms with E-state index in [4.69, 9.17) is 15.2 Å². The van der Waals surface area contributed by atoms with Gasteiger partial charge in [0.05, 0.1) is 44.9 Å². The van der Waals surface area contributed by atoms with Gasteiger partial charge in [-0.25, -0.2) is 9.37 Å². The van der Waals surface area contributed by atoms with E-state index in [-0.39, 0.29) is 31.2 Å². The minimum absolute atomic E-state index is 0.00931. The first-order chi connectivity index (χ1) is 14.4. The zero-order valence-electron chi connectivity index (χ0n) is 16.9. The van der Waals surface area contributed by atoms with Crippen molar-refractivity contribution in [1.82, 2.24) is 10.3 Å². The van der Waals surface area contributed by atoms with Crippen LogP contribution in [0.2, 0.25) is 0 Å². The largest absolute Gasteiger partial charge is 0.476 e. The number of nitrogens with zero attached hydrogens (tertiary/aromatic N) is 2. The van der Waals surface area contributed by atoms with Crippen molar-refractivity contribution in [3.05, 3.63) is 17.8 Å². The number of nitrogens with one attached hydrogen (secondary N) is 1. The van der Waals surface area contributed by atoms with Gasteiger partial charge in [0.1, 0.15) is 17.1 Å². The molecule has 1 aromatic rings. The highest BCUT2D eigenvalue weighted by molar-refractivity contribution is 5.94. The van der Waals surface area contributed by atoms with Gasteiger partial charge in [0.15, 0.2) is 0 Å². The van der Waals surface area contributed by atoms with E-state index < -0.39 is 23.0 Å². The monoisotopic (exact) mass is 418 g/mol. The van der Waals surface area contributed by atoms with Crippen molar-refractivity contribution < 1.29 is 23.5 Å². The third-order valence-electron chi connectivity index (χ3n) is 6.43. The molecule has 0 bridgehead atoms. The van der Waals surface area contributed by atoms with Gasteiger partial charge in [-0.05, 0) is 49.7 Å². The Kier molecular flexibility index (Phi) is 4.61. The highest BCUT2D eigenvalue weighted by Gasteiger charge is 2.54. The van der Waals surface area contributed by atoms with Gasteiger partial charge in [0.2, 0.25) is 11.8 Å². The molecular weight excluding hydrogens is 391 g/mol. The number of hydrogen-bond donors (Lipinski definition) is 2. The molecule has 0 radical (unpaired) electrons. The molecule has 8 nitrogen and oxygen atoms in total. The minimum Gasteiger partial charge on any atom is -0.476 e. The molecule has 4 fully saturated rings. The summed E-state index contributed by atoms with van der Waals surface area (Å²) in [5.74, 6) is 0.142. The number of carbonyl (C=O) groups is 2. The van der Waals surface area contributed by atoms with E-state index in [0.29, 0.717) is 31.5 Å². The molecule has 3 N–H and O–H groups in total. The average Bonchev–Trinajstić information content (AvgIpc) is 3.53. The molecule has 2 aliphatic heterocycles. The number of amides is 2. The lowest BCUT2D eigenvalue weighted by atomic mass is 9.90. The van der Waals surface area contributed by atoms with Gasteiger partial charge in [-0.2, -0.15) is 0 Å². The van der Waals surface area contributed by atoms with Crippen molar-refractivity contribution in [3.63, 3.8) is 0 Å². The quantitative estimate of drug-likeness (QED) is 0.624. The standard InChI is InChI=1S/C21H27FN4O4/c22-21(14-3-4-14)9-26(10-21)16-6-5-15(24-19(16)30-8-13-1-2-13)18(28)25-20(7-17(23)27)11-29-12-20/h5-6,13-14H,1-4,7-12H2,(H2,23,27)(H,25,28). The molecule has 0 spiro atoms. The zero-order valence-corrected chi connectivity index (χ0v) is 16.9. The van der Waals surface area contributed by atoms with Gasteiger partial charge in [-0.3, -0.25) is 9.59 Å². The number of carbonyl (C=O) groups excluding carboxylic acids is 2. The molecular formula is C21H27FN4O4. The number of aromatic nitrogens is 1. The Hall–Kier alpha value is -2.42. The van der Waals surface area contributed by atoms with E-state index in [2.05, 4.69) is 10.3 Å². The van der Waals surface area contributed by atoms with Crippen LogP contribution in [0.25, 0.3) is 0 Å². The molecule has 4 aliphatic rings. The number of nitrogens with two attached hydrogens (primary N) is 1. The lowest BCUT2D eigenvalue weighted by Crippen LogP contribution is -2.63. The molecule has 2 saturated heterocycles. The smallest absolute Gasteiger partial charge is 0.270 e. The third kappa shape index (κ3) is 3.82. The maximum Gasteiger partial charge on any atom is 0.270 e. The van der Waals surface area contributed by atoms with Gasteiger partial charge >= 0.3 is 0 Å². The van der Waals surface area contributed by atoms with Crippen LogP contribution in [0.15, 0.2) is 12.1 Å². The van der Waals surface area contributed by atoms with E-state index in [9.17, 15) is 14.0 Å². The fourth-order valence-electron chi connectivity index (χ4n) is 4.21. The molecule has 2 saturated carbocycles. The summed E-state index contributed by atoms with van der Waals surface area (Å²) in [7, 11) is 0. The predicted molar refractivity (Wildman–Crippen MR) is 106 cm³/mol.